The van der Waals surface area contributed by atoms with Crippen molar-refractivity contribution in [3.63, 3.8) is 0 Å². The van der Waals surface area contributed by atoms with Gasteiger partial charge in [-0.1, -0.05) is 29.4 Å². The van der Waals surface area contributed by atoms with Crippen LogP contribution in [0.2, 0.25) is 0 Å². The van der Waals surface area contributed by atoms with Gasteiger partial charge in [0.2, 0.25) is 11.8 Å². The van der Waals surface area contributed by atoms with Crippen molar-refractivity contribution in [2.45, 2.75) is 19.8 Å². The fourth-order valence-corrected chi connectivity index (χ4v) is 5.04. The molecule has 2 heterocycles. The van der Waals surface area contributed by atoms with E-state index in [1.54, 1.807) is 24.0 Å². The molecule has 0 bridgehead atoms. The molecule has 9 heteroatoms. The summed E-state index contributed by atoms with van der Waals surface area (Å²) in [6, 6.07) is 9.35. The minimum absolute atomic E-state index is 0.0473. The number of carbonyl (C=O) groups is 2. The van der Waals surface area contributed by atoms with Crippen molar-refractivity contribution in [2.24, 2.45) is 11.0 Å². The van der Waals surface area contributed by atoms with E-state index in [-0.39, 0.29) is 17.7 Å². The lowest BCUT2D eigenvalue weighted by molar-refractivity contribution is -0.119. The lowest BCUT2D eigenvalue weighted by Gasteiger charge is -2.33. The lowest BCUT2D eigenvalue weighted by atomic mass is 9.83. The van der Waals surface area contributed by atoms with Crippen LogP contribution in [0.25, 0.3) is 27.3 Å². The van der Waals surface area contributed by atoms with Crippen molar-refractivity contribution in [1.29, 1.82) is 0 Å². The average Bonchev–Trinajstić information content (AvgIpc) is 2.74. The molecule has 4 rings (SSSR count). The average molecular weight is 420 g/mol. The van der Waals surface area contributed by atoms with E-state index >= 15 is 0 Å². The number of fused-ring (bicyclic) bond motifs is 2. The second-order valence-electron chi connectivity index (χ2n) is 7.14. The highest BCUT2D eigenvalue weighted by Gasteiger charge is 2.34. The molecular formula is C21H20N6O2S. The second-order valence-corrected chi connectivity index (χ2v) is 8.16. The smallest absolute Gasteiger partial charge is 0.234 e. The van der Waals surface area contributed by atoms with E-state index in [1.165, 1.54) is 6.92 Å². The van der Waals surface area contributed by atoms with E-state index in [2.05, 4.69) is 25.6 Å². The number of rotatable bonds is 5. The third kappa shape index (κ3) is 3.90. The van der Waals surface area contributed by atoms with E-state index in [9.17, 15) is 9.59 Å². The van der Waals surface area contributed by atoms with Crippen LogP contribution in [0.3, 0.4) is 0 Å². The van der Waals surface area contributed by atoms with Gasteiger partial charge in [0.05, 0.1) is 17.1 Å². The Labute approximate surface area is 177 Å². The van der Waals surface area contributed by atoms with Crippen LogP contribution in [0.15, 0.2) is 46.5 Å². The van der Waals surface area contributed by atoms with Crippen LogP contribution in [0.4, 0.5) is 5.69 Å². The fourth-order valence-electron chi connectivity index (χ4n) is 3.95. The maximum absolute atomic E-state index is 12.1. The zero-order valence-electron chi connectivity index (χ0n) is 16.4. The van der Waals surface area contributed by atoms with Gasteiger partial charge < -0.3 is 10.6 Å². The highest BCUT2D eigenvalue weighted by molar-refractivity contribution is 8.04. The van der Waals surface area contributed by atoms with E-state index in [0.29, 0.717) is 18.0 Å². The molecule has 152 valence electrons. The second kappa shape index (κ2) is 8.61. The molecule has 2 aromatic rings. The van der Waals surface area contributed by atoms with E-state index in [4.69, 9.17) is 5.53 Å². The van der Waals surface area contributed by atoms with E-state index < -0.39 is 0 Å². The summed E-state index contributed by atoms with van der Waals surface area (Å²) in [7, 11) is 0. The Balaban J connectivity index is 1.81. The van der Waals surface area contributed by atoms with Crippen LogP contribution < -0.4 is 10.6 Å². The van der Waals surface area contributed by atoms with Crippen LogP contribution in [0.1, 0.15) is 24.6 Å². The first kappa shape index (κ1) is 20.0. The number of nitrogens with zero attached hydrogens (tertiary/aromatic N) is 4. The molecule has 0 saturated heterocycles. The minimum atomic E-state index is -0.0596. The molecule has 1 unspecified atom stereocenters. The third-order valence-corrected chi connectivity index (χ3v) is 6.45. The molecule has 1 aromatic heterocycles. The molecule has 30 heavy (non-hydrogen) atoms. The molecule has 2 N–H and O–H groups in total. The number of nitrogens with one attached hydrogen (secondary N) is 2. The number of azide groups is 1. The molecule has 0 saturated carbocycles. The molecule has 1 atom stereocenters. The standard InChI is InChI=1S/C21H20N6O2S/c1-12(28)23-8-6-13-10-16-14(15-4-2-3-5-17(15)26-27-22)7-9-24-19(16)20-21(13)30-11-18(29)25-20/h2-5,7,9,13H,6,8,10-11H2,1H3,(H,23,28)(H,25,29). The van der Waals surface area contributed by atoms with Crippen LogP contribution >= 0.6 is 11.8 Å². The van der Waals surface area contributed by atoms with Gasteiger partial charge in [-0.05, 0) is 47.0 Å². The van der Waals surface area contributed by atoms with Crippen molar-refractivity contribution in [3.05, 3.63) is 63.1 Å². The molecule has 2 aliphatic rings. The van der Waals surface area contributed by atoms with Gasteiger partial charge in [0.25, 0.3) is 0 Å². The highest BCUT2D eigenvalue weighted by atomic mass is 32.2. The summed E-state index contributed by atoms with van der Waals surface area (Å²) in [5, 5.41) is 9.71. The predicted octanol–water partition coefficient (Wildman–Crippen LogP) is 3.92. The van der Waals surface area contributed by atoms with Gasteiger partial charge in [-0.3, -0.25) is 14.6 Å². The summed E-state index contributed by atoms with van der Waals surface area (Å²) in [6.45, 7) is 2.07. The van der Waals surface area contributed by atoms with Crippen LogP contribution in [0.5, 0.6) is 0 Å². The van der Waals surface area contributed by atoms with Crippen LogP contribution in [-0.2, 0) is 16.0 Å². The lowest BCUT2D eigenvalue weighted by Crippen LogP contribution is -2.34. The topological polar surface area (TPSA) is 120 Å². The minimum Gasteiger partial charge on any atom is -0.356 e. The molecule has 0 radical (unpaired) electrons. The molecule has 0 spiro atoms. The molecule has 8 nitrogen and oxygen atoms in total. The number of hydrogen-bond acceptors (Lipinski definition) is 5. The Kier molecular flexibility index (Phi) is 5.74. The van der Waals surface area contributed by atoms with Crippen molar-refractivity contribution in [1.82, 2.24) is 15.6 Å². The van der Waals surface area contributed by atoms with Crippen molar-refractivity contribution in [3.8, 4) is 11.1 Å². The monoisotopic (exact) mass is 420 g/mol. The fraction of sp³-hybridized carbons (Fsp3) is 0.286. The van der Waals surface area contributed by atoms with Crippen molar-refractivity contribution in [2.75, 3.05) is 12.3 Å². The number of thioether (sulfide) groups is 1. The van der Waals surface area contributed by atoms with Gasteiger partial charge in [-0.15, -0.1) is 11.8 Å². The van der Waals surface area contributed by atoms with Crippen LogP contribution in [0, 0.1) is 5.92 Å². The van der Waals surface area contributed by atoms with E-state index in [0.717, 1.165) is 45.8 Å². The molecule has 2 amide bonds. The number of pyridine rings is 1. The van der Waals surface area contributed by atoms with Gasteiger partial charge in [0.1, 0.15) is 0 Å². The summed E-state index contributed by atoms with van der Waals surface area (Å²) < 4.78 is 0. The first-order valence-corrected chi connectivity index (χ1v) is 10.6. The Morgan fingerprint density at radius 3 is 3.00 bits per heavy atom. The number of allylic oxidation sites excluding steroid dienone is 1. The first-order valence-electron chi connectivity index (χ1n) is 9.62. The molecule has 1 aliphatic carbocycles. The Hall–Kier alpha value is -3.29. The predicted molar refractivity (Wildman–Crippen MR) is 116 cm³/mol. The van der Waals surface area contributed by atoms with Crippen molar-refractivity contribution < 1.29 is 9.59 Å². The Morgan fingerprint density at radius 2 is 2.20 bits per heavy atom. The highest BCUT2D eigenvalue weighted by Crippen LogP contribution is 2.45. The first-order chi connectivity index (χ1) is 14.6. The number of benzene rings is 1. The normalized spacial score (nSPS) is 17.4. The quantitative estimate of drug-likeness (QED) is 0.433. The van der Waals surface area contributed by atoms with Gasteiger partial charge in [0, 0.05) is 35.2 Å². The molecular weight excluding hydrogens is 400 g/mol. The molecule has 1 aliphatic heterocycles. The van der Waals surface area contributed by atoms with Gasteiger partial charge in [-0.2, -0.15) is 0 Å². The third-order valence-electron chi connectivity index (χ3n) is 5.20. The number of aromatic nitrogens is 1. The van der Waals surface area contributed by atoms with Gasteiger partial charge in [-0.25, -0.2) is 0 Å². The summed E-state index contributed by atoms with van der Waals surface area (Å²) >= 11 is 1.55. The Bertz CT molecular complexity index is 1110. The largest absolute Gasteiger partial charge is 0.356 e. The maximum Gasteiger partial charge on any atom is 0.234 e. The number of carbonyl (C=O) groups excluding carboxylic acids is 2. The summed E-state index contributed by atoms with van der Waals surface area (Å²) in [4.78, 5) is 32.1. The summed E-state index contributed by atoms with van der Waals surface area (Å²) in [5.41, 5.74) is 13.8. The number of hydrogen-bond donors (Lipinski definition) is 2. The zero-order valence-corrected chi connectivity index (χ0v) is 17.2. The summed E-state index contributed by atoms with van der Waals surface area (Å²) in [6.07, 6.45) is 3.20. The van der Waals surface area contributed by atoms with E-state index in [1.807, 2.05) is 24.3 Å². The van der Waals surface area contributed by atoms with Gasteiger partial charge >= 0.3 is 0 Å². The number of amides is 2. The molecule has 0 fully saturated rings. The zero-order chi connectivity index (χ0) is 21.1. The van der Waals surface area contributed by atoms with Crippen LogP contribution in [-0.4, -0.2) is 29.1 Å². The SMILES string of the molecule is CC(=O)NCCC1Cc2c(-c3ccccc3N=[N+]=[N-])ccnc2C2=C1SCC(=O)N2. The summed E-state index contributed by atoms with van der Waals surface area (Å²) in [5.74, 6) is 0.425. The maximum atomic E-state index is 12.1. The Morgan fingerprint density at radius 1 is 1.37 bits per heavy atom. The van der Waals surface area contributed by atoms with Gasteiger partial charge in [0.15, 0.2) is 0 Å². The van der Waals surface area contributed by atoms with Crippen molar-refractivity contribution >= 4 is 35.0 Å². The molecule has 1 aromatic carbocycles.